The van der Waals surface area contributed by atoms with Crippen LogP contribution in [0.25, 0.3) is 0 Å². The molecule has 5 nitrogen and oxygen atoms in total. The van der Waals surface area contributed by atoms with Crippen molar-refractivity contribution in [3.63, 3.8) is 0 Å². The summed E-state index contributed by atoms with van der Waals surface area (Å²) in [6, 6.07) is 17.2. The first-order chi connectivity index (χ1) is 12.3. The molecule has 2 heterocycles. The Morgan fingerprint density at radius 1 is 1.16 bits per heavy atom. The van der Waals surface area contributed by atoms with Crippen LogP contribution in [0.15, 0.2) is 71.5 Å². The molecule has 128 valence electrons. The molecule has 3 rings (SSSR count). The molecular formula is C20H21N3O2. The van der Waals surface area contributed by atoms with Gasteiger partial charge in [0.2, 0.25) is 0 Å². The van der Waals surface area contributed by atoms with Gasteiger partial charge in [0.1, 0.15) is 11.6 Å². The van der Waals surface area contributed by atoms with Crippen molar-refractivity contribution in [2.45, 2.75) is 20.0 Å². The Morgan fingerprint density at radius 2 is 2.00 bits per heavy atom. The second-order valence-electron chi connectivity index (χ2n) is 5.67. The third-order valence-electron chi connectivity index (χ3n) is 3.92. The molecule has 2 aromatic heterocycles. The Labute approximate surface area is 147 Å². The summed E-state index contributed by atoms with van der Waals surface area (Å²) < 4.78 is 5.29. The Hall–Kier alpha value is -3.08. The third kappa shape index (κ3) is 4.47. The molecule has 0 bridgehead atoms. The van der Waals surface area contributed by atoms with Crippen molar-refractivity contribution >= 4 is 11.7 Å². The fourth-order valence-corrected chi connectivity index (χ4v) is 2.56. The van der Waals surface area contributed by atoms with Crippen LogP contribution < -0.4 is 5.32 Å². The average molecular weight is 335 g/mol. The van der Waals surface area contributed by atoms with E-state index in [0.717, 1.165) is 11.3 Å². The zero-order valence-corrected chi connectivity index (χ0v) is 14.2. The van der Waals surface area contributed by atoms with Crippen LogP contribution in [-0.2, 0) is 13.1 Å². The van der Waals surface area contributed by atoms with Crippen molar-refractivity contribution in [2.75, 3.05) is 11.9 Å². The fourth-order valence-electron chi connectivity index (χ4n) is 2.56. The minimum Gasteiger partial charge on any atom is -0.467 e. The highest BCUT2D eigenvalue weighted by atomic mass is 16.3. The van der Waals surface area contributed by atoms with Crippen LogP contribution in [0.4, 0.5) is 5.82 Å². The number of anilines is 1. The number of nitrogens with zero attached hydrogens (tertiary/aromatic N) is 2. The lowest BCUT2D eigenvalue weighted by molar-refractivity contribution is 0.0752. The van der Waals surface area contributed by atoms with E-state index in [1.807, 2.05) is 54.3 Å². The molecule has 0 atom stereocenters. The number of furan rings is 1. The van der Waals surface area contributed by atoms with Crippen LogP contribution in [0, 0.1) is 0 Å². The van der Waals surface area contributed by atoms with Crippen LogP contribution in [0.2, 0.25) is 0 Å². The van der Waals surface area contributed by atoms with Gasteiger partial charge in [-0.05, 0) is 36.8 Å². The molecule has 0 radical (unpaired) electrons. The molecule has 1 amide bonds. The number of hydrogen-bond acceptors (Lipinski definition) is 4. The van der Waals surface area contributed by atoms with Crippen molar-refractivity contribution in [1.29, 1.82) is 0 Å². The van der Waals surface area contributed by atoms with E-state index in [4.69, 9.17) is 4.42 Å². The van der Waals surface area contributed by atoms with E-state index in [1.165, 1.54) is 0 Å². The molecule has 3 aromatic rings. The first-order valence-corrected chi connectivity index (χ1v) is 8.31. The van der Waals surface area contributed by atoms with E-state index in [0.29, 0.717) is 31.0 Å². The summed E-state index contributed by atoms with van der Waals surface area (Å²) in [6.07, 6.45) is 3.28. The van der Waals surface area contributed by atoms with Crippen LogP contribution in [0.3, 0.4) is 0 Å². The number of pyridine rings is 1. The van der Waals surface area contributed by atoms with Gasteiger partial charge in [-0.2, -0.15) is 0 Å². The molecular weight excluding hydrogens is 314 g/mol. The molecule has 25 heavy (non-hydrogen) atoms. The standard InChI is InChI=1S/C20H21N3O2/c1-2-23(15-16-7-4-3-5-8-16)20(24)17-10-11-21-19(13-17)22-14-18-9-6-12-25-18/h3-13H,2,14-15H2,1H3,(H,21,22). The van der Waals surface area contributed by atoms with Gasteiger partial charge in [-0.3, -0.25) is 4.79 Å². The summed E-state index contributed by atoms with van der Waals surface area (Å²) in [6.45, 7) is 3.75. The predicted octanol–water partition coefficient (Wildman–Crippen LogP) is 3.95. The van der Waals surface area contributed by atoms with Gasteiger partial charge < -0.3 is 14.6 Å². The summed E-state index contributed by atoms with van der Waals surface area (Å²) in [7, 11) is 0. The largest absolute Gasteiger partial charge is 0.467 e. The van der Waals surface area contributed by atoms with Gasteiger partial charge in [0.25, 0.3) is 5.91 Å². The van der Waals surface area contributed by atoms with E-state index in [2.05, 4.69) is 10.3 Å². The fraction of sp³-hybridized carbons (Fsp3) is 0.200. The highest BCUT2D eigenvalue weighted by Crippen LogP contribution is 2.13. The first-order valence-electron chi connectivity index (χ1n) is 8.31. The molecule has 0 spiro atoms. The van der Waals surface area contributed by atoms with E-state index in [1.54, 1.807) is 24.6 Å². The van der Waals surface area contributed by atoms with Crippen LogP contribution in [0.1, 0.15) is 28.6 Å². The third-order valence-corrected chi connectivity index (χ3v) is 3.92. The molecule has 0 aliphatic carbocycles. The van der Waals surface area contributed by atoms with Crippen molar-refractivity contribution in [3.05, 3.63) is 83.9 Å². The zero-order valence-electron chi connectivity index (χ0n) is 14.2. The van der Waals surface area contributed by atoms with Crippen LogP contribution >= 0.6 is 0 Å². The van der Waals surface area contributed by atoms with Gasteiger partial charge in [-0.15, -0.1) is 0 Å². The van der Waals surface area contributed by atoms with Crippen LogP contribution in [-0.4, -0.2) is 22.3 Å². The minimum atomic E-state index is -0.00481. The van der Waals surface area contributed by atoms with E-state index < -0.39 is 0 Å². The lowest BCUT2D eigenvalue weighted by Gasteiger charge is -2.21. The summed E-state index contributed by atoms with van der Waals surface area (Å²) in [5.74, 6) is 1.46. The topological polar surface area (TPSA) is 58.4 Å². The highest BCUT2D eigenvalue weighted by molar-refractivity contribution is 5.94. The van der Waals surface area contributed by atoms with Crippen molar-refractivity contribution < 1.29 is 9.21 Å². The normalized spacial score (nSPS) is 10.4. The summed E-state index contributed by atoms with van der Waals surface area (Å²) in [4.78, 5) is 18.9. The number of aromatic nitrogens is 1. The Kier molecular flexibility index (Phi) is 5.46. The van der Waals surface area contributed by atoms with Crippen molar-refractivity contribution in [1.82, 2.24) is 9.88 Å². The maximum Gasteiger partial charge on any atom is 0.254 e. The molecule has 0 saturated heterocycles. The molecule has 1 aromatic carbocycles. The average Bonchev–Trinajstić information content (AvgIpc) is 3.18. The van der Waals surface area contributed by atoms with E-state index >= 15 is 0 Å². The molecule has 0 unspecified atom stereocenters. The van der Waals surface area contributed by atoms with Gasteiger partial charge in [-0.1, -0.05) is 30.3 Å². The second kappa shape index (κ2) is 8.15. The van der Waals surface area contributed by atoms with Crippen molar-refractivity contribution in [2.24, 2.45) is 0 Å². The number of rotatable bonds is 7. The maximum absolute atomic E-state index is 12.8. The number of carbonyl (C=O) groups is 1. The summed E-state index contributed by atoms with van der Waals surface area (Å²) in [5.41, 5.74) is 1.73. The van der Waals surface area contributed by atoms with Gasteiger partial charge in [0, 0.05) is 24.8 Å². The number of carbonyl (C=O) groups excluding carboxylic acids is 1. The monoisotopic (exact) mass is 335 g/mol. The molecule has 0 fully saturated rings. The highest BCUT2D eigenvalue weighted by Gasteiger charge is 2.15. The summed E-state index contributed by atoms with van der Waals surface area (Å²) in [5, 5.41) is 3.17. The van der Waals surface area contributed by atoms with E-state index in [-0.39, 0.29) is 5.91 Å². The second-order valence-corrected chi connectivity index (χ2v) is 5.67. The minimum absolute atomic E-state index is 0.00481. The molecule has 0 saturated carbocycles. The summed E-state index contributed by atoms with van der Waals surface area (Å²) >= 11 is 0. The Balaban J connectivity index is 1.68. The lowest BCUT2D eigenvalue weighted by atomic mass is 10.1. The quantitative estimate of drug-likeness (QED) is 0.710. The number of hydrogen-bond donors (Lipinski definition) is 1. The predicted molar refractivity (Wildman–Crippen MR) is 97.1 cm³/mol. The lowest BCUT2D eigenvalue weighted by Crippen LogP contribution is -2.30. The van der Waals surface area contributed by atoms with Crippen molar-refractivity contribution in [3.8, 4) is 0 Å². The maximum atomic E-state index is 12.8. The van der Waals surface area contributed by atoms with Gasteiger partial charge in [0.05, 0.1) is 12.8 Å². The zero-order chi connectivity index (χ0) is 17.5. The first kappa shape index (κ1) is 16.8. The van der Waals surface area contributed by atoms with Crippen LogP contribution in [0.5, 0.6) is 0 Å². The smallest absolute Gasteiger partial charge is 0.254 e. The van der Waals surface area contributed by atoms with Gasteiger partial charge in [0.15, 0.2) is 0 Å². The van der Waals surface area contributed by atoms with Gasteiger partial charge in [-0.25, -0.2) is 4.98 Å². The Morgan fingerprint density at radius 3 is 2.72 bits per heavy atom. The molecule has 1 N–H and O–H groups in total. The molecule has 5 heteroatoms. The number of benzene rings is 1. The molecule has 0 aliphatic rings. The van der Waals surface area contributed by atoms with E-state index in [9.17, 15) is 4.79 Å². The molecule has 0 aliphatic heterocycles. The number of nitrogens with one attached hydrogen (secondary N) is 1. The number of amides is 1. The Bertz CT molecular complexity index is 801. The van der Waals surface area contributed by atoms with Gasteiger partial charge >= 0.3 is 0 Å². The SMILES string of the molecule is CCN(Cc1ccccc1)C(=O)c1ccnc(NCc2ccco2)c1.